The monoisotopic (exact) mass is 249 g/mol. The van der Waals surface area contributed by atoms with E-state index in [-0.39, 0.29) is 5.91 Å². The van der Waals surface area contributed by atoms with Gasteiger partial charge in [0.2, 0.25) is 5.91 Å². The van der Waals surface area contributed by atoms with Crippen LogP contribution in [0.15, 0.2) is 24.3 Å². The van der Waals surface area contributed by atoms with E-state index in [0.29, 0.717) is 6.54 Å². The number of hydrogen-bond acceptors (Lipinski definition) is 3. The third-order valence-electron chi connectivity index (χ3n) is 2.74. The molecule has 4 heteroatoms. The van der Waals surface area contributed by atoms with Gasteiger partial charge in [-0.25, -0.2) is 0 Å². The smallest absolute Gasteiger partial charge is 0.234 e. The summed E-state index contributed by atoms with van der Waals surface area (Å²) >= 11 is 0. The average molecular weight is 249 g/mol. The van der Waals surface area contributed by atoms with Crippen molar-refractivity contribution in [2.45, 2.75) is 26.8 Å². The van der Waals surface area contributed by atoms with Gasteiger partial charge in [-0.05, 0) is 30.7 Å². The van der Waals surface area contributed by atoms with Crippen LogP contribution < -0.4 is 11.1 Å². The van der Waals surface area contributed by atoms with Crippen LogP contribution in [0.5, 0.6) is 0 Å². The molecule has 1 aromatic rings. The molecular formula is C14H23N3O. The van der Waals surface area contributed by atoms with Gasteiger partial charge >= 0.3 is 0 Å². The zero-order chi connectivity index (χ0) is 13.4. The summed E-state index contributed by atoms with van der Waals surface area (Å²) in [4.78, 5) is 13.7. The minimum atomic E-state index is 0.0857. The maximum atomic E-state index is 11.7. The molecule has 0 aromatic heterocycles. The molecule has 0 saturated heterocycles. The van der Waals surface area contributed by atoms with E-state index in [0.717, 1.165) is 37.3 Å². The van der Waals surface area contributed by atoms with Gasteiger partial charge in [0.1, 0.15) is 0 Å². The van der Waals surface area contributed by atoms with E-state index in [2.05, 4.69) is 17.1 Å². The fraction of sp³-hybridized carbons (Fsp3) is 0.500. The lowest BCUT2D eigenvalue weighted by Crippen LogP contribution is -2.37. The van der Waals surface area contributed by atoms with E-state index < -0.39 is 0 Å². The van der Waals surface area contributed by atoms with Gasteiger partial charge in [0, 0.05) is 18.8 Å². The Kier molecular flexibility index (Phi) is 6.22. The summed E-state index contributed by atoms with van der Waals surface area (Å²) in [6.45, 7) is 6.87. The fourth-order valence-corrected chi connectivity index (χ4v) is 1.75. The Bertz CT molecular complexity index is 379. The number of nitrogens with one attached hydrogen (secondary N) is 1. The Balaban J connectivity index is 2.49. The molecule has 0 saturated carbocycles. The summed E-state index contributed by atoms with van der Waals surface area (Å²) in [5.74, 6) is 0.0857. The van der Waals surface area contributed by atoms with Crippen LogP contribution in [0.3, 0.4) is 0 Å². The Hall–Kier alpha value is -1.55. The number of anilines is 1. The normalized spacial score (nSPS) is 10.6. The van der Waals surface area contributed by atoms with E-state index in [4.69, 9.17) is 5.73 Å². The number of benzene rings is 1. The van der Waals surface area contributed by atoms with E-state index >= 15 is 0 Å². The summed E-state index contributed by atoms with van der Waals surface area (Å²) in [5.41, 5.74) is 7.65. The van der Waals surface area contributed by atoms with Gasteiger partial charge in [0.05, 0.1) is 6.54 Å². The van der Waals surface area contributed by atoms with E-state index in [9.17, 15) is 4.79 Å². The number of hydrogen-bond donors (Lipinski definition) is 2. The Labute approximate surface area is 109 Å². The molecule has 3 N–H and O–H groups in total. The van der Waals surface area contributed by atoms with Crippen LogP contribution in [0.4, 0.5) is 5.69 Å². The highest BCUT2D eigenvalue weighted by molar-refractivity contribution is 5.77. The van der Waals surface area contributed by atoms with Gasteiger partial charge in [0.25, 0.3) is 0 Å². The fourth-order valence-electron chi connectivity index (χ4n) is 1.75. The molecule has 0 atom stereocenters. The number of amides is 1. The van der Waals surface area contributed by atoms with Gasteiger partial charge < -0.3 is 11.1 Å². The molecule has 0 radical (unpaired) electrons. The number of likely N-dealkylation sites (N-methyl/N-ethyl adjacent to an activating group) is 1. The highest BCUT2D eigenvalue weighted by Crippen LogP contribution is 2.09. The SMILES string of the molecule is CCCNC(=O)CN(CC)Cc1cccc(N)c1. The Morgan fingerprint density at radius 3 is 2.78 bits per heavy atom. The minimum Gasteiger partial charge on any atom is -0.399 e. The predicted octanol–water partition coefficient (Wildman–Crippen LogP) is 1.62. The molecule has 0 aliphatic carbocycles. The quantitative estimate of drug-likeness (QED) is 0.722. The molecule has 1 aromatic carbocycles. The largest absolute Gasteiger partial charge is 0.399 e. The number of nitrogens with zero attached hydrogens (tertiary/aromatic N) is 1. The van der Waals surface area contributed by atoms with Crippen molar-refractivity contribution < 1.29 is 4.79 Å². The Morgan fingerprint density at radius 1 is 1.39 bits per heavy atom. The van der Waals surface area contributed by atoms with Crippen LogP contribution in [0, 0.1) is 0 Å². The predicted molar refractivity (Wildman–Crippen MR) is 75.1 cm³/mol. The molecule has 0 heterocycles. The van der Waals surface area contributed by atoms with Crippen LogP contribution >= 0.6 is 0 Å². The minimum absolute atomic E-state index is 0.0857. The van der Waals surface area contributed by atoms with Crippen molar-refractivity contribution in [3.63, 3.8) is 0 Å². The number of nitrogens with two attached hydrogens (primary N) is 1. The zero-order valence-electron chi connectivity index (χ0n) is 11.3. The number of nitrogen functional groups attached to an aromatic ring is 1. The molecular weight excluding hydrogens is 226 g/mol. The van der Waals surface area contributed by atoms with Crippen molar-refractivity contribution in [2.24, 2.45) is 0 Å². The topological polar surface area (TPSA) is 58.4 Å². The molecule has 0 fully saturated rings. The molecule has 0 bridgehead atoms. The molecule has 0 spiro atoms. The highest BCUT2D eigenvalue weighted by atomic mass is 16.2. The molecule has 0 unspecified atom stereocenters. The highest BCUT2D eigenvalue weighted by Gasteiger charge is 2.09. The maximum Gasteiger partial charge on any atom is 0.234 e. The van der Waals surface area contributed by atoms with E-state index in [1.165, 1.54) is 0 Å². The van der Waals surface area contributed by atoms with Crippen molar-refractivity contribution in [2.75, 3.05) is 25.4 Å². The summed E-state index contributed by atoms with van der Waals surface area (Å²) in [6, 6.07) is 7.79. The number of carbonyl (C=O) groups is 1. The summed E-state index contributed by atoms with van der Waals surface area (Å²) < 4.78 is 0. The first kappa shape index (κ1) is 14.5. The molecule has 0 aliphatic heterocycles. The summed E-state index contributed by atoms with van der Waals surface area (Å²) in [7, 11) is 0. The second-order valence-electron chi connectivity index (χ2n) is 4.40. The van der Waals surface area contributed by atoms with E-state index in [1.54, 1.807) is 0 Å². The van der Waals surface area contributed by atoms with E-state index in [1.807, 2.05) is 31.2 Å². The average Bonchev–Trinajstić information content (AvgIpc) is 2.35. The molecule has 100 valence electrons. The van der Waals surface area contributed by atoms with Crippen LogP contribution in [0.1, 0.15) is 25.8 Å². The van der Waals surface area contributed by atoms with Crippen molar-refractivity contribution in [3.05, 3.63) is 29.8 Å². The molecule has 4 nitrogen and oxygen atoms in total. The van der Waals surface area contributed by atoms with Crippen molar-refractivity contribution >= 4 is 11.6 Å². The van der Waals surface area contributed by atoms with Gasteiger partial charge in [-0.2, -0.15) is 0 Å². The van der Waals surface area contributed by atoms with Crippen molar-refractivity contribution in [1.29, 1.82) is 0 Å². The lowest BCUT2D eigenvalue weighted by atomic mass is 10.2. The lowest BCUT2D eigenvalue weighted by Gasteiger charge is -2.20. The second kappa shape index (κ2) is 7.71. The summed E-state index contributed by atoms with van der Waals surface area (Å²) in [5, 5.41) is 2.89. The molecule has 1 rings (SSSR count). The van der Waals surface area contributed by atoms with Gasteiger partial charge in [-0.15, -0.1) is 0 Å². The molecule has 0 aliphatic rings. The third-order valence-corrected chi connectivity index (χ3v) is 2.74. The number of rotatable bonds is 7. The van der Waals surface area contributed by atoms with Crippen LogP contribution in [-0.4, -0.2) is 30.4 Å². The van der Waals surface area contributed by atoms with Gasteiger partial charge in [-0.1, -0.05) is 26.0 Å². The van der Waals surface area contributed by atoms with Gasteiger partial charge in [0.15, 0.2) is 0 Å². The maximum absolute atomic E-state index is 11.7. The number of carbonyl (C=O) groups excluding carboxylic acids is 1. The third kappa shape index (κ3) is 5.19. The van der Waals surface area contributed by atoms with Crippen molar-refractivity contribution in [3.8, 4) is 0 Å². The Morgan fingerprint density at radius 2 is 2.17 bits per heavy atom. The lowest BCUT2D eigenvalue weighted by molar-refractivity contribution is -0.122. The van der Waals surface area contributed by atoms with Gasteiger partial charge in [-0.3, -0.25) is 9.69 Å². The first-order chi connectivity index (χ1) is 8.65. The first-order valence-corrected chi connectivity index (χ1v) is 6.49. The first-order valence-electron chi connectivity index (χ1n) is 6.49. The van der Waals surface area contributed by atoms with Crippen molar-refractivity contribution in [1.82, 2.24) is 10.2 Å². The van der Waals surface area contributed by atoms with Crippen LogP contribution in [0.2, 0.25) is 0 Å². The molecule has 18 heavy (non-hydrogen) atoms. The summed E-state index contributed by atoms with van der Waals surface area (Å²) in [6.07, 6.45) is 0.965. The van der Waals surface area contributed by atoms with Crippen LogP contribution in [0.25, 0.3) is 0 Å². The second-order valence-corrected chi connectivity index (χ2v) is 4.40. The van der Waals surface area contributed by atoms with Crippen LogP contribution in [-0.2, 0) is 11.3 Å². The zero-order valence-corrected chi connectivity index (χ0v) is 11.3. The molecule has 1 amide bonds. The standard InChI is InChI=1S/C14H23N3O/c1-3-8-16-14(18)11-17(4-2)10-12-6-5-7-13(15)9-12/h5-7,9H,3-4,8,10-11,15H2,1-2H3,(H,16,18).